The molecular weight excluding hydrogens is 447 g/mol. The monoisotopic (exact) mass is 474 g/mol. The van der Waals surface area contributed by atoms with Gasteiger partial charge in [0.2, 0.25) is 0 Å². The first kappa shape index (κ1) is 23.9. The van der Waals surface area contributed by atoms with Gasteiger partial charge < -0.3 is 19.2 Å². The Kier molecular flexibility index (Phi) is 7.72. The number of halogens is 1. The van der Waals surface area contributed by atoms with Gasteiger partial charge in [0, 0.05) is 24.6 Å². The molecule has 4 rings (SSSR count). The van der Waals surface area contributed by atoms with Crippen LogP contribution in [0.4, 0.5) is 4.39 Å². The molecular formula is C27H27FN4O3. The highest BCUT2D eigenvalue weighted by atomic mass is 19.1. The summed E-state index contributed by atoms with van der Waals surface area (Å²) >= 11 is 0. The average Bonchev–Trinajstić information content (AvgIpc) is 3.53. The molecule has 1 aromatic carbocycles. The molecule has 3 heterocycles. The second-order valence-corrected chi connectivity index (χ2v) is 8.10. The van der Waals surface area contributed by atoms with Crippen molar-refractivity contribution in [2.45, 2.75) is 33.0 Å². The van der Waals surface area contributed by atoms with Gasteiger partial charge in [0.15, 0.2) is 5.76 Å². The van der Waals surface area contributed by atoms with Crippen molar-refractivity contribution in [3.05, 3.63) is 113 Å². The van der Waals surface area contributed by atoms with Crippen molar-refractivity contribution in [1.82, 2.24) is 19.8 Å². The summed E-state index contributed by atoms with van der Waals surface area (Å²) in [6, 6.07) is 18.7. The van der Waals surface area contributed by atoms with Crippen LogP contribution in [-0.4, -0.2) is 32.8 Å². The van der Waals surface area contributed by atoms with E-state index < -0.39 is 5.82 Å². The Bertz CT molecular complexity index is 1280. The maximum Gasteiger partial charge on any atom is 0.287 e. The van der Waals surface area contributed by atoms with Crippen molar-refractivity contribution in [1.29, 1.82) is 0 Å². The van der Waals surface area contributed by atoms with E-state index in [-0.39, 0.29) is 23.1 Å². The summed E-state index contributed by atoms with van der Waals surface area (Å²) in [6.45, 7) is 3.50. The normalized spacial score (nSPS) is 10.8. The smallest absolute Gasteiger partial charge is 0.287 e. The molecule has 4 aromatic rings. The minimum atomic E-state index is -0.529. The topological polar surface area (TPSA) is 80.4 Å². The standard InChI is InChI=1S/C27H27FN4O3/c1-2-15-32(27(34)23-10-3-4-11-24(23)28)18-21-9-7-16-31(21)19-22-12-13-25(35-22)26(33)30-17-20-8-5-6-14-29-20/h3-14,16H,2,15,17-19H2,1H3,(H,30,33). The molecule has 0 saturated carbocycles. The van der Waals surface area contributed by atoms with Crippen LogP contribution < -0.4 is 5.32 Å². The lowest BCUT2D eigenvalue weighted by Gasteiger charge is -2.23. The Hall–Kier alpha value is -4.20. The minimum Gasteiger partial charge on any atom is -0.454 e. The number of rotatable bonds is 10. The summed E-state index contributed by atoms with van der Waals surface area (Å²) in [6.07, 6.45) is 4.30. The molecule has 7 nitrogen and oxygen atoms in total. The third kappa shape index (κ3) is 6.03. The fourth-order valence-electron chi connectivity index (χ4n) is 3.78. The molecule has 0 aliphatic carbocycles. The van der Waals surface area contributed by atoms with Gasteiger partial charge in [0.05, 0.1) is 30.9 Å². The summed E-state index contributed by atoms with van der Waals surface area (Å²) in [7, 11) is 0. The Morgan fingerprint density at radius 2 is 1.89 bits per heavy atom. The molecule has 1 N–H and O–H groups in total. The van der Waals surface area contributed by atoms with Crippen molar-refractivity contribution < 1.29 is 18.4 Å². The van der Waals surface area contributed by atoms with Crippen molar-refractivity contribution in [3.8, 4) is 0 Å². The fourth-order valence-corrected chi connectivity index (χ4v) is 3.78. The lowest BCUT2D eigenvalue weighted by atomic mass is 10.1. The van der Waals surface area contributed by atoms with Crippen LogP contribution in [0, 0.1) is 5.82 Å². The van der Waals surface area contributed by atoms with E-state index >= 15 is 0 Å². The maximum atomic E-state index is 14.2. The van der Waals surface area contributed by atoms with E-state index in [0.29, 0.717) is 31.9 Å². The zero-order valence-electron chi connectivity index (χ0n) is 19.5. The lowest BCUT2D eigenvalue weighted by molar-refractivity contribution is 0.0734. The van der Waals surface area contributed by atoms with E-state index in [0.717, 1.165) is 17.8 Å². The van der Waals surface area contributed by atoms with Gasteiger partial charge in [-0.25, -0.2) is 4.39 Å². The number of hydrogen-bond donors (Lipinski definition) is 1. The summed E-state index contributed by atoms with van der Waals surface area (Å²) in [4.78, 5) is 31.3. The fraction of sp³-hybridized carbons (Fsp3) is 0.222. The number of hydrogen-bond acceptors (Lipinski definition) is 4. The van der Waals surface area contributed by atoms with Gasteiger partial charge in [0.1, 0.15) is 11.6 Å². The predicted octanol–water partition coefficient (Wildman–Crippen LogP) is 4.65. The number of nitrogens with zero attached hydrogens (tertiary/aromatic N) is 3. The van der Waals surface area contributed by atoms with Crippen molar-refractivity contribution in [3.63, 3.8) is 0 Å². The van der Waals surface area contributed by atoms with Gasteiger partial charge >= 0.3 is 0 Å². The molecule has 8 heteroatoms. The van der Waals surface area contributed by atoms with Crippen molar-refractivity contribution in [2.24, 2.45) is 0 Å². The molecule has 0 spiro atoms. The van der Waals surface area contributed by atoms with Gasteiger partial charge in [-0.2, -0.15) is 0 Å². The van der Waals surface area contributed by atoms with E-state index in [1.165, 1.54) is 12.1 Å². The third-order valence-electron chi connectivity index (χ3n) is 5.53. The molecule has 3 aromatic heterocycles. The molecule has 0 aliphatic heterocycles. The van der Waals surface area contributed by atoms with Gasteiger partial charge in [-0.05, 0) is 55.0 Å². The average molecular weight is 475 g/mol. The van der Waals surface area contributed by atoms with Crippen LogP contribution in [0.1, 0.15) is 51.4 Å². The maximum absolute atomic E-state index is 14.2. The first-order valence-electron chi connectivity index (χ1n) is 11.5. The van der Waals surface area contributed by atoms with Crippen LogP contribution >= 0.6 is 0 Å². The van der Waals surface area contributed by atoms with E-state index in [1.807, 2.05) is 48.0 Å². The molecule has 0 fully saturated rings. The number of benzene rings is 1. The Morgan fingerprint density at radius 3 is 2.66 bits per heavy atom. The Labute approximate surface area is 203 Å². The van der Waals surface area contributed by atoms with Crippen LogP contribution in [0.25, 0.3) is 0 Å². The minimum absolute atomic E-state index is 0.0615. The first-order valence-corrected chi connectivity index (χ1v) is 11.5. The number of aromatic nitrogens is 2. The lowest BCUT2D eigenvalue weighted by Crippen LogP contribution is -2.32. The molecule has 180 valence electrons. The third-order valence-corrected chi connectivity index (χ3v) is 5.53. The number of carbonyl (C=O) groups excluding carboxylic acids is 2. The highest BCUT2D eigenvalue weighted by Gasteiger charge is 2.20. The van der Waals surface area contributed by atoms with E-state index in [9.17, 15) is 14.0 Å². The van der Waals surface area contributed by atoms with Crippen molar-refractivity contribution in [2.75, 3.05) is 6.54 Å². The molecule has 0 bridgehead atoms. The highest BCUT2D eigenvalue weighted by Crippen LogP contribution is 2.17. The molecule has 0 aliphatic rings. The number of amides is 2. The number of furan rings is 1. The van der Waals surface area contributed by atoms with Crippen LogP contribution in [-0.2, 0) is 19.6 Å². The van der Waals surface area contributed by atoms with E-state index in [1.54, 1.807) is 35.4 Å². The molecule has 0 unspecified atom stereocenters. The zero-order valence-corrected chi connectivity index (χ0v) is 19.5. The van der Waals surface area contributed by atoms with Gasteiger partial charge in [0.25, 0.3) is 11.8 Å². The van der Waals surface area contributed by atoms with Gasteiger partial charge in [-0.15, -0.1) is 0 Å². The summed E-state index contributed by atoms with van der Waals surface area (Å²) in [5.74, 6) is -0.375. The molecule has 35 heavy (non-hydrogen) atoms. The highest BCUT2D eigenvalue weighted by molar-refractivity contribution is 5.94. The Morgan fingerprint density at radius 1 is 1.06 bits per heavy atom. The zero-order chi connectivity index (χ0) is 24.6. The van der Waals surface area contributed by atoms with Crippen LogP contribution in [0.2, 0.25) is 0 Å². The quantitative estimate of drug-likeness (QED) is 0.363. The Balaban J connectivity index is 1.42. The largest absolute Gasteiger partial charge is 0.454 e. The number of pyridine rings is 1. The number of nitrogens with one attached hydrogen (secondary N) is 1. The molecule has 0 atom stereocenters. The van der Waals surface area contributed by atoms with Crippen molar-refractivity contribution >= 4 is 11.8 Å². The van der Waals surface area contributed by atoms with E-state index in [4.69, 9.17) is 4.42 Å². The second-order valence-electron chi connectivity index (χ2n) is 8.10. The summed E-state index contributed by atoms with van der Waals surface area (Å²) in [5, 5.41) is 2.79. The predicted molar refractivity (Wildman–Crippen MR) is 129 cm³/mol. The first-order chi connectivity index (χ1) is 17.0. The van der Waals surface area contributed by atoms with Crippen LogP contribution in [0.3, 0.4) is 0 Å². The van der Waals surface area contributed by atoms with Gasteiger partial charge in [-0.1, -0.05) is 25.1 Å². The van der Waals surface area contributed by atoms with Crippen LogP contribution in [0.5, 0.6) is 0 Å². The summed E-state index contributed by atoms with van der Waals surface area (Å²) < 4.78 is 21.9. The molecule has 0 saturated heterocycles. The summed E-state index contributed by atoms with van der Waals surface area (Å²) in [5.41, 5.74) is 1.69. The molecule has 2 amide bonds. The van der Waals surface area contributed by atoms with Gasteiger partial charge in [-0.3, -0.25) is 14.6 Å². The molecule has 0 radical (unpaired) electrons. The number of carbonyl (C=O) groups is 2. The SMILES string of the molecule is CCCN(Cc1cccn1Cc1ccc(C(=O)NCc2ccccn2)o1)C(=O)c1ccccc1F. The van der Waals surface area contributed by atoms with Crippen LogP contribution in [0.15, 0.2) is 83.5 Å². The second kappa shape index (κ2) is 11.3. The van der Waals surface area contributed by atoms with E-state index in [2.05, 4.69) is 10.3 Å².